The van der Waals surface area contributed by atoms with Crippen LogP contribution in [0.2, 0.25) is 0 Å². The quantitative estimate of drug-likeness (QED) is 0.886. The van der Waals surface area contributed by atoms with E-state index in [1.54, 1.807) is 0 Å². The van der Waals surface area contributed by atoms with E-state index in [1.807, 2.05) is 31.2 Å². The highest BCUT2D eigenvalue weighted by Gasteiger charge is 2.11. The zero-order valence-corrected chi connectivity index (χ0v) is 14.3. The number of hydrogen-bond donors (Lipinski definition) is 2. The van der Waals surface area contributed by atoms with Gasteiger partial charge in [-0.25, -0.2) is 0 Å². The van der Waals surface area contributed by atoms with Gasteiger partial charge in [0.1, 0.15) is 0 Å². The second kappa shape index (κ2) is 7.63. The number of nitrogens with two attached hydrogens (primary N) is 1. The van der Waals surface area contributed by atoms with Crippen molar-refractivity contribution in [3.05, 3.63) is 70.3 Å². The van der Waals surface area contributed by atoms with Gasteiger partial charge < -0.3 is 11.1 Å². The van der Waals surface area contributed by atoms with Gasteiger partial charge in [0, 0.05) is 12.6 Å². The largest absolute Gasteiger partial charge is 0.352 e. The minimum absolute atomic E-state index is 0.0395. The molecule has 3 rings (SSSR count). The first-order valence-corrected chi connectivity index (χ1v) is 8.83. The van der Waals surface area contributed by atoms with Crippen molar-refractivity contribution in [2.75, 3.05) is 0 Å². The average Bonchev–Trinajstić information content (AvgIpc) is 2.60. The first-order valence-electron chi connectivity index (χ1n) is 8.83. The van der Waals surface area contributed by atoms with E-state index in [1.165, 1.54) is 30.4 Å². The van der Waals surface area contributed by atoms with Gasteiger partial charge in [0.05, 0.1) is 6.42 Å². The fourth-order valence-corrected chi connectivity index (χ4v) is 3.28. The number of carbonyl (C=O) groups excluding carboxylic acids is 1. The third-order valence-electron chi connectivity index (χ3n) is 4.77. The summed E-state index contributed by atoms with van der Waals surface area (Å²) in [5.41, 5.74) is 12.1. The molecule has 0 radical (unpaired) electrons. The molecule has 0 saturated carbocycles. The summed E-state index contributed by atoms with van der Waals surface area (Å²) in [4.78, 5) is 12.2. The Morgan fingerprint density at radius 2 is 1.71 bits per heavy atom. The minimum atomic E-state index is 0.0395. The molecule has 1 unspecified atom stereocenters. The summed E-state index contributed by atoms with van der Waals surface area (Å²) in [6.45, 7) is 2.53. The lowest BCUT2D eigenvalue weighted by molar-refractivity contribution is -0.120. The van der Waals surface area contributed by atoms with Crippen LogP contribution >= 0.6 is 0 Å². The van der Waals surface area contributed by atoms with Crippen molar-refractivity contribution < 1.29 is 4.79 Å². The number of nitrogens with one attached hydrogen (secondary N) is 1. The van der Waals surface area contributed by atoms with E-state index < -0.39 is 0 Å². The van der Waals surface area contributed by atoms with Gasteiger partial charge in [0.2, 0.25) is 5.91 Å². The summed E-state index contributed by atoms with van der Waals surface area (Å²) in [5.74, 6) is 0.0713. The van der Waals surface area contributed by atoms with Crippen LogP contribution in [0.1, 0.15) is 53.6 Å². The van der Waals surface area contributed by atoms with E-state index in [0.717, 1.165) is 23.1 Å². The molecule has 3 heteroatoms. The topological polar surface area (TPSA) is 55.1 Å². The zero-order valence-electron chi connectivity index (χ0n) is 14.3. The van der Waals surface area contributed by atoms with Crippen molar-refractivity contribution in [1.82, 2.24) is 5.32 Å². The minimum Gasteiger partial charge on any atom is -0.352 e. The molecule has 0 bridgehead atoms. The average molecular weight is 322 g/mol. The van der Waals surface area contributed by atoms with E-state index in [9.17, 15) is 4.79 Å². The fraction of sp³-hybridized carbons (Fsp3) is 0.381. The standard InChI is InChI=1S/C21H26N2O/c1-15(22)18-9-6-16(7-10-18)14-23-21(24)13-17-8-11-19-4-2-3-5-20(19)12-17/h6-12,15H,2-5,13-14,22H2,1H3,(H,23,24). The van der Waals surface area contributed by atoms with Crippen LogP contribution in [0, 0.1) is 0 Å². The highest BCUT2D eigenvalue weighted by molar-refractivity contribution is 5.78. The van der Waals surface area contributed by atoms with Crippen molar-refractivity contribution in [1.29, 1.82) is 0 Å². The Morgan fingerprint density at radius 1 is 1.04 bits per heavy atom. The maximum atomic E-state index is 12.2. The molecule has 0 spiro atoms. The van der Waals surface area contributed by atoms with E-state index >= 15 is 0 Å². The molecule has 2 aromatic rings. The van der Waals surface area contributed by atoms with E-state index in [0.29, 0.717) is 13.0 Å². The Kier molecular flexibility index (Phi) is 5.31. The molecular formula is C21H26N2O. The molecule has 0 aromatic heterocycles. The van der Waals surface area contributed by atoms with Gasteiger partial charge in [0.25, 0.3) is 0 Å². The van der Waals surface area contributed by atoms with Crippen molar-refractivity contribution in [2.24, 2.45) is 5.73 Å². The van der Waals surface area contributed by atoms with Crippen LogP contribution in [0.4, 0.5) is 0 Å². The Balaban J connectivity index is 1.54. The molecular weight excluding hydrogens is 296 g/mol. The van der Waals surface area contributed by atoms with Crippen LogP contribution in [-0.2, 0) is 30.6 Å². The van der Waals surface area contributed by atoms with Gasteiger partial charge in [0.15, 0.2) is 0 Å². The molecule has 24 heavy (non-hydrogen) atoms. The Hall–Kier alpha value is -2.13. The number of rotatable bonds is 5. The summed E-state index contributed by atoms with van der Waals surface area (Å²) in [6.07, 6.45) is 5.33. The molecule has 1 amide bonds. The molecule has 126 valence electrons. The summed E-state index contributed by atoms with van der Waals surface area (Å²) in [5, 5.41) is 3.01. The van der Waals surface area contributed by atoms with Crippen LogP contribution in [0.5, 0.6) is 0 Å². The van der Waals surface area contributed by atoms with Crippen molar-refractivity contribution >= 4 is 5.91 Å². The van der Waals surface area contributed by atoms with E-state index in [4.69, 9.17) is 5.73 Å². The van der Waals surface area contributed by atoms with Crippen molar-refractivity contribution in [3.8, 4) is 0 Å². The highest BCUT2D eigenvalue weighted by Crippen LogP contribution is 2.22. The summed E-state index contributed by atoms with van der Waals surface area (Å²) >= 11 is 0. The maximum absolute atomic E-state index is 12.2. The lowest BCUT2D eigenvalue weighted by Gasteiger charge is -2.16. The van der Waals surface area contributed by atoms with Gasteiger partial charge in [-0.15, -0.1) is 0 Å². The smallest absolute Gasteiger partial charge is 0.224 e. The summed E-state index contributed by atoms with van der Waals surface area (Å²) < 4.78 is 0. The summed E-state index contributed by atoms with van der Waals surface area (Å²) in [6, 6.07) is 14.6. The first-order chi connectivity index (χ1) is 11.6. The normalized spacial score (nSPS) is 14.8. The fourth-order valence-electron chi connectivity index (χ4n) is 3.28. The lowest BCUT2D eigenvalue weighted by Crippen LogP contribution is -2.24. The maximum Gasteiger partial charge on any atom is 0.224 e. The first kappa shape index (κ1) is 16.7. The number of carbonyl (C=O) groups is 1. The number of hydrogen-bond acceptors (Lipinski definition) is 2. The molecule has 3 nitrogen and oxygen atoms in total. The van der Waals surface area contributed by atoms with Gasteiger partial charge in [-0.05, 0) is 60.4 Å². The second-order valence-corrected chi connectivity index (χ2v) is 6.79. The third kappa shape index (κ3) is 4.24. The Morgan fingerprint density at radius 3 is 2.42 bits per heavy atom. The predicted molar refractivity (Wildman–Crippen MR) is 97.7 cm³/mol. The Labute approximate surface area is 144 Å². The number of aryl methyl sites for hydroxylation is 2. The van der Waals surface area contributed by atoms with Gasteiger partial charge in [-0.2, -0.15) is 0 Å². The van der Waals surface area contributed by atoms with Crippen LogP contribution in [-0.4, -0.2) is 5.91 Å². The third-order valence-corrected chi connectivity index (χ3v) is 4.77. The molecule has 1 atom stereocenters. The Bertz CT molecular complexity index is 704. The zero-order chi connectivity index (χ0) is 16.9. The predicted octanol–water partition coefficient (Wildman–Crippen LogP) is 3.44. The van der Waals surface area contributed by atoms with E-state index in [-0.39, 0.29) is 11.9 Å². The number of amides is 1. The second-order valence-electron chi connectivity index (χ2n) is 6.79. The highest BCUT2D eigenvalue weighted by atomic mass is 16.1. The molecule has 1 aliphatic carbocycles. The molecule has 2 aromatic carbocycles. The number of fused-ring (bicyclic) bond motifs is 1. The van der Waals surface area contributed by atoms with E-state index in [2.05, 4.69) is 23.5 Å². The molecule has 0 aliphatic heterocycles. The van der Waals surface area contributed by atoms with Gasteiger partial charge in [-0.3, -0.25) is 4.79 Å². The van der Waals surface area contributed by atoms with Gasteiger partial charge >= 0.3 is 0 Å². The molecule has 1 aliphatic rings. The van der Waals surface area contributed by atoms with Crippen molar-refractivity contribution in [3.63, 3.8) is 0 Å². The SMILES string of the molecule is CC(N)c1ccc(CNC(=O)Cc2ccc3c(c2)CCCC3)cc1. The van der Waals surface area contributed by atoms with Gasteiger partial charge in [-0.1, -0.05) is 42.5 Å². The summed E-state index contributed by atoms with van der Waals surface area (Å²) in [7, 11) is 0. The van der Waals surface area contributed by atoms with Crippen LogP contribution in [0.3, 0.4) is 0 Å². The molecule has 0 fully saturated rings. The lowest BCUT2D eigenvalue weighted by atomic mass is 9.90. The number of benzene rings is 2. The van der Waals surface area contributed by atoms with Crippen molar-refractivity contribution in [2.45, 2.75) is 51.6 Å². The molecule has 0 heterocycles. The molecule has 0 saturated heterocycles. The molecule has 3 N–H and O–H groups in total. The monoisotopic (exact) mass is 322 g/mol. The van der Waals surface area contributed by atoms with Crippen LogP contribution < -0.4 is 11.1 Å². The van der Waals surface area contributed by atoms with Crippen LogP contribution in [0.15, 0.2) is 42.5 Å². The van der Waals surface area contributed by atoms with Crippen LogP contribution in [0.25, 0.3) is 0 Å².